The third-order valence-electron chi connectivity index (χ3n) is 4.56. The Hall–Kier alpha value is -2.23. The molecule has 2 aromatic heterocycles. The quantitative estimate of drug-likeness (QED) is 0.726. The van der Waals surface area contributed by atoms with Crippen LogP contribution in [-0.2, 0) is 21.2 Å². The molecule has 0 aromatic carbocycles. The van der Waals surface area contributed by atoms with Crippen molar-refractivity contribution in [1.82, 2.24) is 24.2 Å². The minimum absolute atomic E-state index is 0.00892. The molecule has 1 amide bonds. The van der Waals surface area contributed by atoms with Gasteiger partial charge in [-0.1, -0.05) is 0 Å². The number of hydrogen-bond donors (Lipinski definition) is 0. The van der Waals surface area contributed by atoms with Gasteiger partial charge in [0.1, 0.15) is 18.3 Å². The molecule has 0 spiro atoms. The van der Waals surface area contributed by atoms with Crippen molar-refractivity contribution in [1.29, 1.82) is 0 Å². The van der Waals surface area contributed by atoms with Crippen LogP contribution >= 0.6 is 0 Å². The molecule has 1 saturated heterocycles. The fourth-order valence-corrected chi connectivity index (χ4v) is 4.83. The molecule has 0 aliphatic carbocycles. The molecular formula is C15H21N5O4S. The molecule has 0 saturated carbocycles. The molecule has 1 aliphatic heterocycles. The van der Waals surface area contributed by atoms with Gasteiger partial charge < -0.3 is 4.90 Å². The Labute approximate surface area is 145 Å². The summed E-state index contributed by atoms with van der Waals surface area (Å²) < 4.78 is 26.1. The first-order valence-electron chi connectivity index (χ1n) is 8.27. The highest BCUT2D eigenvalue weighted by Gasteiger charge is 2.31. The number of rotatable bonds is 5. The van der Waals surface area contributed by atoms with E-state index in [2.05, 4.69) is 10.1 Å². The van der Waals surface area contributed by atoms with Crippen molar-refractivity contribution in [3.05, 3.63) is 22.9 Å². The smallest absolute Gasteiger partial charge is 0.264 e. The first kappa shape index (κ1) is 17.6. The van der Waals surface area contributed by atoms with Crippen molar-refractivity contribution in [2.75, 3.05) is 24.6 Å². The second-order valence-corrected chi connectivity index (χ2v) is 8.36. The average molecular weight is 367 g/mol. The molecule has 3 heterocycles. The van der Waals surface area contributed by atoms with E-state index in [0.717, 1.165) is 0 Å². The molecule has 0 bridgehead atoms. The molecule has 3 rings (SSSR count). The van der Waals surface area contributed by atoms with E-state index in [1.165, 1.54) is 21.8 Å². The summed E-state index contributed by atoms with van der Waals surface area (Å²) >= 11 is 0. The third-order valence-corrected chi connectivity index (χ3v) is 6.31. The second-order valence-electron chi connectivity index (χ2n) is 6.13. The highest BCUT2D eigenvalue weighted by molar-refractivity contribution is 7.91. The van der Waals surface area contributed by atoms with Crippen molar-refractivity contribution in [3.8, 4) is 0 Å². The maximum absolute atomic E-state index is 12.6. The van der Waals surface area contributed by atoms with E-state index in [1.807, 2.05) is 13.8 Å². The molecular weight excluding hydrogens is 346 g/mol. The van der Waals surface area contributed by atoms with Gasteiger partial charge in [-0.05, 0) is 20.3 Å². The molecule has 0 N–H and O–H groups in total. The zero-order valence-corrected chi connectivity index (χ0v) is 15.1. The number of nitrogens with zero attached hydrogens (tertiary/aromatic N) is 5. The van der Waals surface area contributed by atoms with Gasteiger partial charge in [0.2, 0.25) is 5.91 Å². The van der Waals surface area contributed by atoms with E-state index in [1.54, 1.807) is 4.90 Å². The van der Waals surface area contributed by atoms with E-state index in [4.69, 9.17) is 0 Å². The predicted molar refractivity (Wildman–Crippen MR) is 92.0 cm³/mol. The summed E-state index contributed by atoms with van der Waals surface area (Å²) in [5.74, 6) is -0.0220. The maximum Gasteiger partial charge on any atom is 0.264 e. The highest BCUT2D eigenvalue weighted by Crippen LogP contribution is 2.25. The summed E-state index contributed by atoms with van der Waals surface area (Å²) in [6.45, 7) is 4.84. The summed E-state index contributed by atoms with van der Waals surface area (Å²) in [4.78, 5) is 30.7. The number of amides is 1. The number of carbonyl (C=O) groups is 1. The van der Waals surface area contributed by atoms with Crippen LogP contribution in [0.4, 0.5) is 0 Å². The first-order chi connectivity index (χ1) is 11.9. The second kappa shape index (κ2) is 6.58. The molecule has 1 unspecified atom stereocenters. The molecule has 0 radical (unpaired) electrons. The van der Waals surface area contributed by atoms with Crippen molar-refractivity contribution in [2.24, 2.45) is 0 Å². The van der Waals surface area contributed by atoms with E-state index in [-0.39, 0.29) is 35.6 Å². The lowest BCUT2D eigenvalue weighted by atomic mass is 10.3. The van der Waals surface area contributed by atoms with Gasteiger partial charge in [-0.25, -0.2) is 18.1 Å². The predicted octanol–water partition coefficient (Wildman–Crippen LogP) is -0.179. The molecule has 1 fully saturated rings. The Kier molecular flexibility index (Phi) is 4.63. The summed E-state index contributed by atoms with van der Waals surface area (Å²) in [6, 6.07) is -0.303. The van der Waals surface area contributed by atoms with Gasteiger partial charge >= 0.3 is 0 Å². The average Bonchev–Trinajstić information content (AvgIpc) is 3.14. The van der Waals surface area contributed by atoms with Crippen LogP contribution < -0.4 is 5.56 Å². The van der Waals surface area contributed by atoms with Gasteiger partial charge in [0, 0.05) is 13.1 Å². The van der Waals surface area contributed by atoms with Crippen molar-refractivity contribution in [3.63, 3.8) is 0 Å². The van der Waals surface area contributed by atoms with Crippen LogP contribution in [-0.4, -0.2) is 63.2 Å². The highest BCUT2D eigenvalue weighted by atomic mass is 32.2. The number of carbonyl (C=O) groups excluding carboxylic acids is 1. The fourth-order valence-electron chi connectivity index (χ4n) is 3.14. The van der Waals surface area contributed by atoms with Crippen LogP contribution in [0.5, 0.6) is 0 Å². The van der Waals surface area contributed by atoms with Gasteiger partial charge in [0.05, 0.1) is 23.7 Å². The molecule has 9 nitrogen and oxygen atoms in total. The summed E-state index contributed by atoms with van der Waals surface area (Å²) in [7, 11) is -3.06. The number of hydrogen-bond acceptors (Lipinski definition) is 6. The Morgan fingerprint density at radius 2 is 2.08 bits per heavy atom. The number of likely N-dealkylation sites (N-methyl/N-ethyl adjacent to an activating group) is 1. The normalized spacial score (nSPS) is 19.4. The molecule has 2 aromatic rings. The summed E-state index contributed by atoms with van der Waals surface area (Å²) in [6.07, 6.45) is 3.19. The molecule has 1 aliphatic rings. The van der Waals surface area contributed by atoms with Crippen LogP contribution in [0, 0.1) is 0 Å². The van der Waals surface area contributed by atoms with Gasteiger partial charge in [-0.3, -0.25) is 14.2 Å². The number of sulfone groups is 1. The lowest BCUT2D eigenvalue weighted by molar-refractivity contribution is -0.131. The van der Waals surface area contributed by atoms with Crippen molar-refractivity contribution >= 4 is 26.8 Å². The minimum Gasteiger partial charge on any atom is -0.342 e. The standard InChI is InChI=1S/C15H21N5O4S/c1-3-18(4-2)13(21)8-19-10-16-14-12(15(19)22)7-17-20(14)11-5-6-25(23,24)9-11/h7,10-11H,3-6,8-9H2,1-2H3. The van der Waals surface area contributed by atoms with E-state index in [9.17, 15) is 18.0 Å². The topological polar surface area (TPSA) is 107 Å². The van der Waals surface area contributed by atoms with Crippen molar-refractivity contribution < 1.29 is 13.2 Å². The van der Waals surface area contributed by atoms with Gasteiger partial charge in [-0.15, -0.1) is 0 Å². The maximum atomic E-state index is 12.6. The Morgan fingerprint density at radius 1 is 1.36 bits per heavy atom. The lowest BCUT2D eigenvalue weighted by Crippen LogP contribution is -2.36. The van der Waals surface area contributed by atoms with Crippen LogP contribution in [0.15, 0.2) is 17.3 Å². The van der Waals surface area contributed by atoms with Gasteiger partial charge in [0.25, 0.3) is 5.56 Å². The lowest BCUT2D eigenvalue weighted by Gasteiger charge is -2.19. The molecule has 10 heteroatoms. The van der Waals surface area contributed by atoms with Gasteiger partial charge in [0.15, 0.2) is 15.5 Å². The van der Waals surface area contributed by atoms with Crippen LogP contribution in [0.3, 0.4) is 0 Å². The summed E-state index contributed by atoms with van der Waals surface area (Å²) in [5.41, 5.74) is 0.0104. The number of fused-ring (bicyclic) bond motifs is 1. The third kappa shape index (κ3) is 3.30. The van der Waals surface area contributed by atoms with Crippen LogP contribution in [0.2, 0.25) is 0 Å². The van der Waals surface area contributed by atoms with Crippen molar-refractivity contribution in [2.45, 2.75) is 32.9 Å². The Balaban J connectivity index is 1.92. The van der Waals surface area contributed by atoms with Crippen LogP contribution in [0.1, 0.15) is 26.3 Å². The minimum atomic E-state index is -3.06. The number of aromatic nitrogens is 4. The fraction of sp³-hybridized carbons (Fsp3) is 0.600. The van der Waals surface area contributed by atoms with Crippen LogP contribution in [0.25, 0.3) is 11.0 Å². The molecule has 25 heavy (non-hydrogen) atoms. The van der Waals surface area contributed by atoms with E-state index < -0.39 is 9.84 Å². The zero-order chi connectivity index (χ0) is 18.2. The SMILES string of the molecule is CCN(CC)C(=O)Cn1cnc2c(cnn2C2CCS(=O)(=O)C2)c1=O. The Morgan fingerprint density at radius 3 is 2.68 bits per heavy atom. The molecule has 1 atom stereocenters. The zero-order valence-electron chi connectivity index (χ0n) is 14.3. The van der Waals surface area contributed by atoms with E-state index in [0.29, 0.717) is 30.5 Å². The monoisotopic (exact) mass is 367 g/mol. The summed E-state index contributed by atoms with van der Waals surface area (Å²) in [5, 5.41) is 4.46. The Bertz CT molecular complexity index is 958. The van der Waals surface area contributed by atoms with E-state index >= 15 is 0 Å². The van der Waals surface area contributed by atoms with Gasteiger partial charge in [-0.2, -0.15) is 5.10 Å². The first-order valence-corrected chi connectivity index (χ1v) is 10.1. The molecule has 136 valence electrons. The largest absolute Gasteiger partial charge is 0.342 e.